The second-order valence-corrected chi connectivity index (χ2v) is 4.05. The number of urea groups is 1. The van der Waals surface area contributed by atoms with Crippen molar-refractivity contribution in [2.45, 2.75) is 13.3 Å². The molecule has 0 spiro atoms. The maximum absolute atomic E-state index is 10.6. The van der Waals surface area contributed by atoms with Gasteiger partial charge >= 0.3 is 6.03 Å². The Morgan fingerprint density at radius 1 is 1.58 bits per heavy atom. The van der Waals surface area contributed by atoms with Gasteiger partial charge in [-0.1, -0.05) is 18.5 Å². The molecule has 7 heteroatoms. The van der Waals surface area contributed by atoms with Crippen LogP contribution < -0.4 is 20.6 Å². The molecule has 0 saturated carbocycles. The minimum absolute atomic E-state index is 0.473. The van der Waals surface area contributed by atoms with Crippen LogP contribution >= 0.6 is 11.6 Å². The van der Waals surface area contributed by atoms with E-state index >= 15 is 0 Å². The van der Waals surface area contributed by atoms with Crippen LogP contribution in [-0.2, 0) is 0 Å². The van der Waals surface area contributed by atoms with Gasteiger partial charge in [-0.25, -0.2) is 10.2 Å². The number of nitrogens with zero attached hydrogens (tertiary/aromatic N) is 1. The molecule has 0 radical (unpaired) electrons. The van der Waals surface area contributed by atoms with Gasteiger partial charge in [0.05, 0.1) is 19.9 Å². The van der Waals surface area contributed by atoms with E-state index in [1.54, 1.807) is 12.1 Å². The molecule has 0 aliphatic heterocycles. The molecular formula is C12H16ClN3O3. The third-order valence-corrected chi connectivity index (χ3v) is 2.32. The molecule has 3 N–H and O–H groups in total. The molecule has 0 atom stereocenters. The number of ether oxygens (including phenoxy) is 2. The summed E-state index contributed by atoms with van der Waals surface area (Å²) in [6.07, 6.45) is 2.24. The Balaban J connectivity index is 3.07. The molecule has 104 valence electrons. The van der Waals surface area contributed by atoms with E-state index in [1.165, 1.54) is 13.3 Å². The summed E-state index contributed by atoms with van der Waals surface area (Å²) in [5, 5.41) is 4.16. The lowest BCUT2D eigenvalue weighted by Crippen LogP contribution is -2.24. The predicted octanol–water partition coefficient (Wildman–Crippen LogP) is 2.14. The van der Waals surface area contributed by atoms with Gasteiger partial charge in [-0.3, -0.25) is 0 Å². The van der Waals surface area contributed by atoms with Crippen LogP contribution in [0, 0.1) is 0 Å². The third-order valence-electron chi connectivity index (χ3n) is 2.10. The Kier molecular flexibility index (Phi) is 5.95. The number of benzene rings is 1. The highest BCUT2D eigenvalue weighted by atomic mass is 35.5. The summed E-state index contributed by atoms with van der Waals surface area (Å²) in [5.41, 5.74) is 7.61. The molecule has 1 aromatic rings. The lowest BCUT2D eigenvalue weighted by Gasteiger charge is -2.13. The summed E-state index contributed by atoms with van der Waals surface area (Å²) in [6.45, 7) is 2.52. The molecule has 1 rings (SSSR count). The van der Waals surface area contributed by atoms with Crippen LogP contribution in [0.15, 0.2) is 17.2 Å². The largest absolute Gasteiger partial charge is 0.493 e. The highest BCUT2D eigenvalue weighted by molar-refractivity contribution is 6.31. The second kappa shape index (κ2) is 7.48. The second-order valence-electron chi connectivity index (χ2n) is 3.61. The number of nitrogens with one attached hydrogen (secondary N) is 1. The summed E-state index contributed by atoms with van der Waals surface area (Å²) in [5.74, 6) is 1.02. The topological polar surface area (TPSA) is 85.9 Å². The maximum Gasteiger partial charge on any atom is 0.332 e. The number of carbonyl (C=O) groups is 1. The quantitative estimate of drug-likeness (QED) is 0.620. The third kappa shape index (κ3) is 4.67. The molecule has 0 bridgehead atoms. The van der Waals surface area contributed by atoms with Crippen molar-refractivity contribution < 1.29 is 14.3 Å². The molecule has 0 heterocycles. The number of nitrogens with two attached hydrogens (primary N) is 1. The van der Waals surface area contributed by atoms with Crippen LogP contribution in [-0.4, -0.2) is 26.0 Å². The van der Waals surface area contributed by atoms with Crippen molar-refractivity contribution >= 4 is 23.8 Å². The highest BCUT2D eigenvalue weighted by Gasteiger charge is 2.11. The van der Waals surface area contributed by atoms with Crippen molar-refractivity contribution in [3.8, 4) is 11.5 Å². The van der Waals surface area contributed by atoms with Crippen LogP contribution in [0.3, 0.4) is 0 Å². The number of hydrogen-bond acceptors (Lipinski definition) is 4. The molecule has 6 nitrogen and oxygen atoms in total. The number of rotatable bonds is 6. The lowest BCUT2D eigenvalue weighted by atomic mass is 10.2. The first kappa shape index (κ1) is 15.1. The summed E-state index contributed by atoms with van der Waals surface area (Å²) in [7, 11) is 1.52. The number of halogens is 1. The number of methoxy groups -OCH3 is 1. The van der Waals surface area contributed by atoms with Crippen LogP contribution in [0.4, 0.5) is 4.79 Å². The highest BCUT2D eigenvalue weighted by Crippen LogP contribution is 2.33. The van der Waals surface area contributed by atoms with E-state index in [2.05, 4.69) is 10.5 Å². The average molecular weight is 286 g/mol. The summed E-state index contributed by atoms with van der Waals surface area (Å²) in [4.78, 5) is 10.6. The van der Waals surface area contributed by atoms with Gasteiger partial charge in [0, 0.05) is 16.7 Å². The van der Waals surface area contributed by atoms with E-state index in [4.69, 9.17) is 26.8 Å². The number of primary amides is 1. The molecule has 2 amide bonds. The Bertz CT molecular complexity index is 478. The fourth-order valence-corrected chi connectivity index (χ4v) is 1.58. The molecule has 0 unspecified atom stereocenters. The van der Waals surface area contributed by atoms with Crippen molar-refractivity contribution in [3.05, 3.63) is 22.7 Å². The Morgan fingerprint density at radius 3 is 2.89 bits per heavy atom. The van der Waals surface area contributed by atoms with Crippen LogP contribution in [0.2, 0.25) is 5.02 Å². The van der Waals surface area contributed by atoms with Gasteiger partial charge in [0.15, 0.2) is 11.5 Å². The van der Waals surface area contributed by atoms with Gasteiger partial charge in [0.2, 0.25) is 0 Å². The monoisotopic (exact) mass is 285 g/mol. The normalized spacial score (nSPS) is 10.5. The molecule has 0 aliphatic rings. The zero-order chi connectivity index (χ0) is 14.3. The van der Waals surface area contributed by atoms with Gasteiger partial charge < -0.3 is 15.2 Å². The molecule has 0 fully saturated rings. The lowest BCUT2D eigenvalue weighted by molar-refractivity contribution is 0.249. The van der Waals surface area contributed by atoms with E-state index in [9.17, 15) is 4.79 Å². The van der Waals surface area contributed by atoms with Gasteiger partial charge in [-0.15, -0.1) is 0 Å². The fourth-order valence-electron chi connectivity index (χ4n) is 1.36. The zero-order valence-electron chi connectivity index (χ0n) is 10.8. The molecule has 0 aliphatic carbocycles. The van der Waals surface area contributed by atoms with Gasteiger partial charge in [-0.2, -0.15) is 5.10 Å². The first-order chi connectivity index (χ1) is 9.08. The van der Waals surface area contributed by atoms with Gasteiger partial charge in [0.25, 0.3) is 0 Å². The predicted molar refractivity (Wildman–Crippen MR) is 74.1 cm³/mol. The van der Waals surface area contributed by atoms with Crippen molar-refractivity contribution in [1.82, 2.24) is 5.43 Å². The van der Waals surface area contributed by atoms with Crippen molar-refractivity contribution in [2.24, 2.45) is 10.8 Å². The SMILES string of the molecule is CCCOc1c(C=NNC(N)=O)cc(Cl)cc1OC. The molecule has 19 heavy (non-hydrogen) atoms. The van der Waals surface area contributed by atoms with E-state index in [-0.39, 0.29) is 0 Å². The minimum atomic E-state index is -0.749. The first-order valence-corrected chi connectivity index (χ1v) is 6.05. The fraction of sp³-hybridized carbons (Fsp3) is 0.333. The van der Waals surface area contributed by atoms with Crippen molar-refractivity contribution in [2.75, 3.05) is 13.7 Å². The molecule has 0 saturated heterocycles. The van der Waals surface area contributed by atoms with E-state index in [0.717, 1.165) is 6.42 Å². The number of carbonyl (C=O) groups excluding carboxylic acids is 1. The summed E-state index contributed by atoms with van der Waals surface area (Å²) < 4.78 is 10.8. The molecular weight excluding hydrogens is 270 g/mol. The van der Waals surface area contributed by atoms with Crippen LogP contribution in [0.25, 0.3) is 0 Å². The van der Waals surface area contributed by atoms with Crippen molar-refractivity contribution in [3.63, 3.8) is 0 Å². The number of amides is 2. The van der Waals surface area contributed by atoms with E-state index < -0.39 is 6.03 Å². The van der Waals surface area contributed by atoms with Crippen molar-refractivity contribution in [1.29, 1.82) is 0 Å². The van der Waals surface area contributed by atoms with Crippen LogP contribution in [0.1, 0.15) is 18.9 Å². The Morgan fingerprint density at radius 2 is 2.32 bits per heavy atom. The summed E-state index contributed by atoms with van der Waals surface area (Å²) in [6, 6.07) is 2.55. The smallest absolute Gasteiger partial charge is 0.332 e. The van der Waals surface area contributed by atoms with E-state index in [0.29, 0.717) is 28.7 Å². The Labute approximate surface area is 116 Å². The average Bonchev–Trinajstić information content (AvgIpc) is 2.36. The minimum Gasteiger partial charge on any atom is -0.493 e. The Hall–Kier alpha value is -1.95. The van der Waals surface area contributed by atoms with E-state index in [1.807, 2.05) is 6.92 Å². The maximum atomic E-state index is 10.6. The summed E-state index contributed by atoms with van der Waals surface area (Å²) >= 11 is 5.97. The standard InChI is InChI=1S/C12H16ClN3O3/c1-3-4-19-11-8(7-15-16-12(14)17)5-9(13)6-10(11)18-2/h5-7H,3-4H2,1-2H3,(H3,14,16,17). The van der Waals surface area contributed by atoms with Gasteiger partial charge in [-0.05, 0) is 12.5 Å². The molecule has 0 aromatic heterocycles. The first-order valence-electron chi connectivity index (χ1n) is 5.67. The molecule has 1 aromatic carbocycles. The zero-order valence-corrected chi connectivity index (χ0v) is 11.5. The number of hydrazone groups is 1. The van der Waals surface area contributed by atoms with Crippen LogP contribution in [0.5, 0.6) is 11.5 Å². The van der Waals surface area contributed by atoms with Gasteiger partial charge in [0.1, 0.15) is 0 Å². The number of hydrogen-bond donors (Lipinski definition) is 2.